The van der Waals surface area contributed by atoms with E-state index in [0.29, 0.717) is 23.9 Å². The molecule has 200 valence electrons. The van der Waals surface area contributed by atoms with Gasteiger partial charge in [-0.3, -0.25) is 9.59 Å². The van der Waals surface area contributed by atoms with Crippen LogP contribution in [0.5, 0.6) is 0 Å². The van der Waals surface area contributed by atoms with Gasteiger partial charge in [0, 0.05) is 18.7 Å². The van der Waals surface area contributed by atoms with Crippen LogP contribution in [0.4, 0.5) is 4.79 Å². The average Bonchev–Trinajstić information content (AvgIpc) is 2.87. The van der Waals surface area contributed by atoms with E-state index in [2.05, 4.69) is 48.9 Å². The second kappa shape index (κ2) is 13.3. The quantitative estimate of drug-likeness (QED) is 0.349. The molecule has 0 bridgehead atoms. The number of aliphatic carboxylic acids is 1. The van der Waals surface area contributed by atoms with Crippen molar-refractivity contribution in [2.45, 2.75) is 65.3 Å². The molecule has 0 aliphatic heterocycles. The monoisotopic (exact) mass is 507 g/mol. The molecule has 0 radical (unpaired) electrons. The van der Waals surface area contributed by atoms with E-state index in [4.69, 9.17) is 5.11 Å². The smallest absolute Gasteiger partial charge is 0.315 e. The number of carboxylic acids is 1. The summed E-state index contributed by atoms with van der Waals surface area (Å²) in [6, 6.07) is 17.0. The zero-order chi connectivity index (χ0) is 26.8. The first-order valence-electron chi connectivity index (χ1n) is 13.3. The summed E-state index contributed by atoms with van der Waals surface area (Å²) in [5, 5.41) is 17.6. The first-order chi connectivity index (χ1) is 17.6. The molecule has 2 aromatic carbocycles. The molecule has 0 heterocycles. The minimum Gasteiger partial charge on any atom is -0.481 e. The molecule has 1 aliphatic rings. The van der Waals surface area contributed by atoms with Crippen LogP contribution in [0.15, 0.2) is 54.6 Å². The number of carbonyl (C=O) groups excluding carboxylic acids is 2. The van der Waals surface area contributed by atoms with Crippen molar-refractivity contribution in [1.82, 2.24) is 16.0 Å². The summed E-state index contributed by atoms with van der Waals surface area (Å²) in [6.07, 6.45) is 4.98. The fourth-order valence-electron chi connectivity index (χ4n) is 5.18. The van der Waals surface area contributed by atoms with Crippen LogP contribution in [-0.2, 0) is 11.2 Å². The molecule has 1 fully saturated rings. The topological polar surface area (TPSA) is 108 Å². The molecule has 7 heteroatoms. The lowest BCUT2D eigenvalue weighted by Crippen LogP contribution is -2.42. The highest BCUT2D eigenvalue weighted by Gasteiger charge is 2.34. The molecule has 1 aliphatic carbocycles. The molecule has 7 nitrogen and oxygen atoms in total. The molecule has 1 unspecified atom stereocenters. The van der Waals surface area contributed by atoms with Crippen molar-refractivity contribution in [2.24, 2.45) is 17.3 Å². The summed E-state index contributed by atoms with van der Waals surface area (Å²) in [5.41, 5.74) is 2.89. The van der Waals surface area contributed by atoms with Gasteiger partial charge < -0.3 is 21.1 Å². The van der Waals surface area contributed by atoms with E-state index in [9.17, 15) is 14.4 Å². The highest BCUT2D eigenvalue weighted by Crippen LogP contribution is 2.43. The largest absolute Gasteiger partial charge is 0.481 e. The number of nitrogens with one attached hydrogen (secondary N) is 3. The molecule has 37 heavy (non-hydrogen) atoms. The Labute approximate surface area is 220 Å². The van der Waals surface area contributed by atoms with Crippen LogP contribution in [0.1, 0.15) is 80.4 Å². The van der Waals surface area contributed by atoms with E-state index in [1.165, 1.54) is 5.56 Å². The first kappa shape index (κ1) is 28.2. The van der Waals surface area contributed by atoms with Gasteiger partial charge in [-0.25, -0.2) is 4.79 Å². The summed E-state index contributed by atoms with van der Waals surface area (Å²) in [7, 11) is 0. The van der Waals surface area contributed by atoms with Crippen LogP contribution in [0, 0.1) is 17.3 Å². The van der Waals surface area contributed by atoms with Gasteiger partial charge in [-0.1, -0.05) is 63.2 Å². The normalized spacial score (nSPS) is 18.5. The van der Waals surface area contributed by atoms with Gasteiger partial charge >= 0.3 is 12.0 Å². The van der Waals surface area contributed by atoms with Crippen LogP contribution < -0.4 is 16.0 Å². The number of urea groups is 1. The highest BCUT2D eigenvalue weighted by atomic mass is 16.4. The lowest BCUT2D eigenvalue weighted by molar-refractivity contribution is -0.136. The standard InChI is InChI=1S/C30H41N3O4/c1-30(2,3)25-15-13-23(14-16-25)27(33-29(37)32-19-17-21-7-5-4-6-8-21)22-9-11-24(12-10-22)28(36)31-20-18-26(34)35/h4-12,23,25,27H,13-20H2,1-3H3,(H,31,36)(H,34,35)(H2,32,33,37). The summed E-state index contributed by atoms with van der Waals surface area (Å²) in [6.45, 7) is 7.53. The van der Waals surface area contributed by atoms with Gasteiger partial charge in [0.05, 0.1) is 12.5 Å². The third-order valence-electron chi connectivity index (χ3n) is 7.45. The Kier molecular flexibility index (Phi) is 10.1. The van der Waals surface area contributed by atoms with Crippen molar-refractivity contribution in [3.8, 4) is 0 Å². The molecule has 0 aromatic heterocycles. The summed E-state index contributed by atoms with van der Waals surface area (Å²) >= 11 is 0. The van der Waals surface area contributed by atoms with Crippen LogP contribution in [-0.4, -0.2) is 36.1 Å². The van der Waals surface area contributed by atoms with Crippen LogP contribution in [0.25, 0.3) is 0 Å². The summed E-state index contributed by atoms with van der Waals surface area (Å²) in [4.78, 5) is 36.0. The summed E-state index contributed by atoms with van der Waals surface area (Å²) < 4.78 is 0. The van der Waals surface area contributed by atoms with Gasteiger partial charge in [0.1, 0.15) is 0 Å². The van der Waals surface area contributed by atoms with Crippen molar-refractivity contribution in [3.63, 3.8) is 0 Å². The Hall–Kier alpha value is -3.35. The number of hydrogen-bond acceptors (Lipinski definition) is 3. The molecule has 3 rings (SSSR count). The number of carboxylic acid groups (broad SMARTS) is 1. The Bertz CT molecular complexity index is 1020. The van der Waals surface area contributed by atoms with Crippen LogP contribution in [0.3, 0.4) is 0 Å². The molecular weight excluding hydrogens is 466 g/mol. The van der Waals surface area contributed by atoms with Crippen LogP contribution >= 0.6 is 0 Å². The maximum absolute atomic E-state index is 12.9. The zero-order valence-electron chi connectivity index (χ0n) is 22.3. The number of amides is 3. The van der Waals surface area contributed by atoms with E-state index < -0.39 is 5.97 Å². The van der Waals surface area contributed by atoms with Crippen molar-refractivity contribution in [3.05, 3.63) is 71.3 Å². The van der Waals surface area contributed by atoms with Gasteiger partial charge in [-0.05, 0) is 72.6 Å². The van der Waals surface area contributed by atoms with E-state index in [1.807, 2.05) is 30.3 Å². The average molecular weight is 508 g/mol. The molecule has 2 aromatic rings. The molecule has 0 spiro atoms. The molecule has 1 atom stereocenters. The lowest BCUT2D eigenvalue weighted by atomic mass is 9.68. The summed E-state index contributed by atoms with van der Waals surface area (Å²) in [5.74, 6) is -0.274. The third-order valence-corrected chi connectivity index (χ3v) is 7.45. The Balaban J connectivity index is 1.66. The van der Waals surface area contributed by atoms with Crippen molar-refractivity contribution in [1.29, 1.82) is 0 Å². The lowest BCUT2D eigenvalue weighted by Gasteiger charge is -2.39. The molecule has 4 N–H and O–H groups in total. The van der Waals surface area contributed by atoms with E-state index in [0.717, 1.165) is 37.7 Å². The van der Waals surface area contributed by atoms with Gasteiger partial charge in [-0.15, -0.1) is 0 Å². The minimum atomic E-state index is -0.951. The highest BCUT2D eigenvalue weighted by molar-refractivity contribution is 5.94. The van der Waals surface area contributed by atoms with Gasteiger partial charge in [0.25, 0.3) is 5.91 Å². The Morgan fingerprint density at radius 3 is 2.14 bits per heavy atom. The predicted octanol–water partition coefficient (Wildman–Crippen LogP) is 5.33. The van der Waals surface area contributed by atoms with Crippen LogP contribution in [0.2, 0.25) is 0 Å². The Morgan fingerprint density at radius 1 is 0.892 bits per heavy atom. The third kappa shape index (κ3) is 8.92. The molecule has 3 amide bonds. The second-order valence-corrected chi connectivity index (χ2v) is 11.1. The maximum Gasteiger partial charge on any atom is 0.315 e. The predicted molar refractivity (Wildman–Crippen MR) is 145 cm³/mol. The van der Waals surface area contributed by atoms with Crippen molar-refractivity contribution < 1.29 is 19.5 Å². The number of rotatable bonds is 10. The van der Waals surface area contributed by atoms with Gasteiger partial charge in [-0.2, -0.15) is 0 Å². The fourth-order valence-corrected chi connectivity index (χ4v) is 5.18. The van der Waals surface area contributed by atoms with Gasteiger partial charge in [0.15, 0.2) is 0 Å². The van der Waals surface area contributed by atoms with E-state index in [1.54, 1.807) is 12.1 Å². The van der Waals surface area contributed by atoms with Crippen molar-refractivity contribution in [2.75, 3.05) is 13.1 Å². The molecular formula is C30H41N3O4. The van der Waals surface area contributed by atoms with E-state index >= 15 is 0 Å². The fraction of sp³-hybridized carbons (Fsp3) is 0.500. The molecule has 0 saturated heterocycles. The number of hydrogen-bond donors (Lipinski definition) is 4. The maximum atomic E-state index is 12.9. The first-order valence-corrected chi connectivity index (χ1v) is 13.3. The zero-order valence-corrected chi connectivity index (χ0v) is 22.3. The second-order valence-electron chi connectivity index (χ2n) is 11.1. The SMILES string of the molecule is CC(C)(C)C1CCC(C(NC(=O)NCCc2ccccc2)c2ccc(C(=O)NCCC(=O)O)cc2)CC1. The number of carbonyl (C=O) groups is 3. The van der Waals surface area contributed by atoms with E-state index in [-0.39, 0.29) is 36.4 Å². The molecule has 1 saturated carbocycles. The van der Waals surface area contributed by atoms with Crippen molar-refractivity contribution >= 4 is 17.9 Å². The van der Waals surface area contributed by atoms with Gasteiger partial charge in [0.2, 0.25) is 0 Å². The Morgan fingerprint density at radius 2 is 1.54 bits per heavy atom. The number of benzene rings is 2. The minimum absolute atomic E-state index is 0.0836.